The highest BCUT2D eigenvalue weighted by molar-refractivity contribution is 6.05. The van der Waals surface area contributed by atoms with E-state index in [1.165, 1.54) is 4.90 Å². The second kappa shape index (κ2) is 6.17. The number of amides is 2. The standard InChI is InChI=1S/C14H22N4O2/c1-4-10(2)18-13(19)9-12(14(18)20)15-7-5-11-6-8-16-17(11)3/h6,8,10,12,15H,4-5,7,9H2,1-3H3. The number of aromatic nitrogens is 2. The van der Waals surface area contributed by atoms with E-state index < -0.39 is 0 Å². The van der Waals surface area contributed by atoms with Crippen LogP contribution in [-0.2, 0) is 23.1 Å². The molecule has 0 radical (unpaired) electrons. The van der Waals surface area contributed by atoms with Crippen LogP contribution in [0.2, 0.25) is 0 Å². The van der Waals surface area contributed by atoms with E-state index in [9.17, 15) is 9.59 Å². The highest BCUT2D eigenvalue weighted by atomic mass is 16.2. The van der Waals surface area contributed by atoms with Crippen molar-refractivity contribution < 1.29 is 9.59 Å². The van der Waals surface area contributed by atoms with Crippen LogP contribution in [0.25, 0.3) is 0 Å². The molecule has 1 aromatic rings. The van der Waals surface area contributed by atoms with Crippen LogP contribution in [0, 0.1) is 0 Å². The van der Waals surface area contributed by atoms with Gasteiger partial charge in [0.05, 0.1) is 12.5 Å². The summed E-state index contributed by atoms with van der Waals surface area (Å²) in [6, 6.07) is 1.57. The number of carbonyl (C=O) groups is 2. The van der Waals surface area contributed by atoms with Crippen LogP contribution in [0.3, 0.4) is 0 Å². The molecule has 6 heteroatoms. The molecule has 0 spiro atoms. The van der Waals surface area contributed by atoms with Crippen molar-refractivity contribution >= 4 is 11.8 Å². The zero-order chi connectivity index (χ0) is 14.7. The summed E-state index contributed by atoms with van der Waals surface area (Å²) in [5.74, 6) is -0.156. The van der Waals surface area contributed by atoms with Crippen LogP contribution in [-0.4, -0.2) is 45.1 Å². The van der Waals surface area contributed by atoms with Gasteiger partial charge in [0.25, 0.3) is 0 Å². The first-order chi connectivity index (χ1) is 9.54. The van der Waals surface area contributed by atoms with Crippen molar-refractivity contribution in [3.63, 3.8) is 0 Å². The summed E-state index contributed by atoms with van der Waals surface area (Å²) >= 11 is 0. The Bertz CT molecular complexity index is 497. The first-order valence-corrected chi connectivity index (χ1v) is 7.10. The molecule has 2 rings (SSSR count). The SMILES string of the molecule is CCC(C)N1C(=O)CC(NCCc2ccnn2C)C1=O. The fourth-order valence-corrected chi connectivity index (χ4v) is 2.48. The summed E-state index contributed by atoms with van der Waals surface area (Å²) in [7, 11) is 1.89. The minimum absolute atomic E-state index is 0.0149. The highest BCUT2D eigenvalue weighted by Crippen LogP contribution is 2.17. The average molecular weight is 278 g/mol. The summed E-state index contributed by atoms with van der Waals surface area (Å²) in [6.45, 7) is 4.56. The molecule has 1 aliphatic heterocycles. The fourth-order valence-electron chi connectivity index (χ4n) is 2.48. The van der Waals surface area contributed by atoms with E-state index in [1.807, 2.05) is 31.6 Å². The maximum absolute atomic E-state index is 12.2. The first-order valence-electron chi connectivity index (χ1n) is 7.10. The Hall–Kier alpha value is -1.69. The molecule has 1 fully saturated rings. The molecule has 2 unspecified atom stereocenters. The average Bonchev–Trinajstić information content (AvgIpc) is 2.94. The van der Waals surface area contributed by atoms with Gasteiger partial charge < -0.3 is 5.32 Å². The van der Waals surface area contributed by atoms with Crippen molar-refractivity contribution in [1.29, 1.82) is 0 Å². The number of nitrogens with one attached hydrogen (secondary N) is 1. The summed E-state index contributed by atoms with van der Waals surface area (Å²) in [5, 5.41) is 7.28. The quantitative estimate of drug-likeness (QED) is 0.769. The van der Waals surface area contributed by atoms with Gasteiger partial charge in [-0.15, -0.1) is 0 Å². The minimum atomic E-state index is -0.371. The smallest absolute Gasteiger partial charge is 0.247 e. The molecule has 110 valence electrons. The second-order valence-electron chi connectivity index (χ2n) is 5.27. The van der Waals surface area contributed by atoms with Gasteiger partial charge in [-0.3, -0.25) is 19.2 Å². The van der Waals surface area contributed by atoms with E-state index in [-0.39, 0.29) is 30.3 Å². The number of carbonyl (C=O) groups excluding carboxylic acids is 2. The highest BCUT2D eigenvalue weighted by Gasteiger charge is 2.40. The number of hydrogen-bond donors (Lipinski definition) is 1. The molecule has 1 aromatic heterocycles. The molecule has 1 saturated heterocycles. The molecule has 0 saturated carbocycles. The largest absolute Gasteiger partial charge is 0.305 e. The summed E-state index contributed by atoms with van der Waals surface area (Å²) in [5.41, 5.74) is 1.10. The van der Waals surface area contributed by atoms with E-state index in [0.717, 1.165) is 18.5 Å². The number of rotatable bonds is 6. The predicted octanol–water partition coefficient (Wildman–Crippen LogP) is 0.478. The molecule has 1 aliphatic rings. The van der Waals surface area contributed by atoms with Gasteiger partial charge in [0.2, 0.25) is 11.8 Å². The molecular weight excluding hydrogens is 256 g/mol. The van der Waals surface area contributed by atoms with Crippen LogP contribution in [0.5, 0.6) is 0 Å². The van der Waals surface area contributed by atoms with Crippen LogP contribution < -0.4 is 5.32 Å². The third-order valence-electron chi connectivity index (χ3n) is 3.91. The van der Waals surface area contributed by atoms with Gasteiger partial charge in [-0.05, 0) is 19.4 Å². The van der Waals surface area contributed by atoms with E-state index in [2.05, 4.69) is 10.4 Å². The van der Waals surface area contributed by atoms with Crippen molar-refractivity contribution in [2.45, 2.75) is 45.2 Å². The molecule has 0 aromatic carbocycles. The van der Waals surface area contributed by atoms with Crippen molar-refractivity contribution in [3.05, 3.63) is 18.0 Å². The topological polar surface area (TPSA) is 67.2 Å². The van der Waals surface area contributed by atoms with Crippen molar-refractivity contribution in [3.8, 4) is 0 Å². The molecular formula is C14H22N4O2. The number of nitrogens with zero attached hydrogens (tertiary/aromatic N) is 3. The minimum Gasteiger partial charge on any atom is -0.305 e. The zero-order valence-corrected chi connectivity index (χ0v) is 12.3. The monoisotopic (exact) mass is 278 g/mol. The predicted molar refractivity (Wildman–Crippen MR) is 74.9 cm³/mol. The van der Waals surface area contributed by atoms with Crippen LogP contribution >= 0.6 is 0 Å². The number of hydrogen-bond acceptors (Lipinski definition) is 4. The van der Waals surface area contributed by atoms with Gasteiger partial charge in [-0.2, -0.15) is 5.10 Å². The molecule has 0 aliphatic carbocycles. The molecule has 2 amide bonds. The van der Waals surface area contributed by atoms with Crippen LogP contribution in [0.4, 0.5) is 0 Å². The van der Waals surface area contributed by atoms with E-state index in [4.69, 9.17) is 0 Å². The van der Waals surface area contributed by atoms with Gasteiger partial charge in [-0.1, -0.05) is 6.92 Å². The lowest BCUT2D eigenvalue weighted by Gasteiger charge is -2.21. The van der Waals surface area contributed by atoms with Gasteiger partial charge in [-0.25, -0.2) is 0 Å². The third kappa shape index (κ3) is 2.90. The van der Waals surface area contributed by atoms with Crippen molar-refractivity contribution in [2.24, 2.45) is 7.05 Å². The maximum atomic E-state index is 12.2. The van der Waals surface area contributed by atoms with Crippen LogP contribution in [0.15, 0.2) is 12.3 Å². The Morgan fingerprint density at radius 2 is 2.25 bits per heavy atom. The number of likely N-dealkylation sites (tertiary alicyclic amines) is 1. The second-order valence-corrected chi connectivity index (χ2v) is 5.27. The molecule has 20 heavy (non-hydrogen) atoms. The van der Waals surface area contributed by atoms with E-state index >= 15 is 0 Å². The van der Waals surface area contributed by atoms with Gasteiger partial charge in [0.15, 0.2) is 0 Å². The molecule has 2 heterocycles. The Kier molecular flexibility index (Phi) is 4.54. The van der Waals surface area contributed by atoms with Crippen LogP contribution in [0.1, 0.15) is 32.4 Å². The Labute approximate surface area is 119 Å². The van der Waals surface area contributed by atoms with Gasteiger partial charge in [0.1, 0.15) is 0 Å². The Balaban J connectivity index is 1.87. The lowest BCUT2D eigenvalue weighted by atomic mass is 10.2. The van der Waals surface area contributed by atoms with Gasteiger partial charge in [0, 0.05) is 37.9 Å². The Morgan fingerprint density at radius 1 is 1.50 bits per heavy atom. The molecule has 0 bridgehead atoms. The first kappa shape index (κ1) is 14.7. The maximum Gasteiger partial charge on any atom is 0.247 e. The summed E-state index contributed by atoms with van der Waals surface area (Å²) in [6.07, 6.45) is 3.61. The third-order valence-corrected chi connectivity index (χ3v) is 3.91. The zero-order valence-electron chi connectivity index (χ0n) is 12.3. The van der Waals surface area contributed by atoms with E-state index in [1.54, 1.807) is 6.20 Å². The number of aryl methyl sites for hydroxylation is 1. The van der Waals surface area contributed by atoms with Crippen molar-refractivity contribution in [2.75, 3.05) is 6.54 Å². The van der Waals surface area contributed by atoms with Crippen molar-refractivity contribution in [1.82, 2.24) is 20.0 Å². The lowest BCUT2D eigenvalue weighted by Crippen LogP contribution is -2.43. The lowest BCUT2D eigenvalue weighted by molar-refractivity contribution is -0.141. The normalized spacial score (nSPS) is 20.8. The van der Waals surface area contributed by atoms with Gasteiger partial charge >= 0.3 is 0 Å². The molecule has 6 nitrogen and oxygen atoms in total. The number of imide groups is 1. The molecule has 2 atom stereocenters. The fraction of sp³-hybridized carbons (Fsp3) is 0.643. The summed E-state index contributed by atoms with van der Waals surface area (Å²) < 4.78 is 1.81. The summed E-state index contributed by atoms with van der Waals surface area (Å²) in [4.78, 5) is 25.5. The Morgan fingerprint density at radius 3 is 2.85 bits per heavy atom. The van der Waals surface area contributed by atoms with E-state index in [0.29, 0.717) is 6.54 Å². The molecule has 1 N–H and O–H groups in total.